The average Bonchev–Trinajstić information content (AvgIpc) is 3.19. The van der Waals surface area contributed by atoms with Crippen molar-refractivity contribution in [2.75, 3.05) is 18.7 Å². The summed E-state index contributed by atoms with van der Waals surface area (Å²) in [5.74, 6) is -1.17. The number of nitriles is 1. The summed E-state index contributed by atoms with van der Waals surface area (Å²) in [7, 11) is 0. The Morgan fingerprint density at radius 2 is 2.00 bits per heavy atom. The number of hydrogen-bond acceptors (Lipinski definition) is 6. The summed E-state index contributed by atoms with van der Waals surface area (Å²) in [5, 5.41) is 14.3. The molecule has 29 heavy (non-hydrogen) atoms. The van der Waals surface area contributed by atoms with Gasteiger partial charge in [-0.1, -0.05) is 18.2 Å². The highest BCUT2D eigenvalue weighted by Gasteiger charge is 2.38. The van der Waals surface area contributed by atoms with Crippen LogP contribution in [-0.4, -0.2) is 36.1 Å². The number of nitrogens with one attached hydrogen (secondary N) is 2. The summed E-state index contributed by atoms with van der Waals surface area (Å²) in [6.07, 6.45) is 0. The molecule has 2 aromatic rings. The number of urea groups is 1. The highest BCUT2D eigenvalue weighted by atomic mass is 16.7. The number of imide groups is 1. The van der Waals surface area contributed by atoms with Gasteiger partial charge in [-0.15, -0.1) is 0 Å². The van der Waals surface area contributed by atoms with Crippen molar-refractivity contribution in [2.24, 2.45) is 5.92 Å². The molecular formula is C20H16N4O5. The van der Waals surface area contributed by atoms with Crippen molar-refractivity contribution >= 4 is 23.5 Å². The molecule has 2 aromatic carbocycles. The third-order valence-corrected chi connectivity index (χ3v) is 4.67. The monoisotopic (exact) mass is 392 g/mol. The molecule has 0 saturated carbocycles. The smallest absolute Gasteiger partial charge is 0.324 e. The quantitative estimate of drug-likeness (QED) is 0.763. The molecule has 0 aliphatic carbocycles. The molecule has 1 fully saturated rings. The Kier molecular flexibility index (Phi) is 4.75. The number of rotatable bonds is 4. The summed E-state index contributed by atoms with van der Waals surface area (Å²) >= 11 is 0. The van der Waals surface area contributed by atoms with Gasteiger partial charge in [0.1, 0.15) is 12.0 Å². The zero-order chi connectivity index (χ0) is 20.4. The predicted octanol–water partition coefficient (Wildman–Crippen LogP) is 1.59. The Morgan fingerprint density at radius 3 is 2.83 bits per heavy atom. The van der Waals surface area contributed by atoms with E-state index in [0.29, 0.717) is 22.7 Å². The van der Waals surface area contributed by atoms with Crippen molar-refractivity contribution in [1.29, 1.82) is 5.26 Å². The van der Waals surface area contributed by atoms with Gasteiger partial charge in [0, 0.05) is 6.54 Å². The van der Waals surface area contributed by atoms with Gasteiger partial charge in [-0.3, -0.25) is 14.5 Å². The van der Waals surface area contributed by atoms with Crippen LogP contribution in [-0.2, 0) is 16.1 Å². The minimum atomic E-state index is -1.10. The number of amides is 4. The molecule has 0 bridgehead atoms. The number of ether oxygens (including phenoxy) is 2. The lowest BCUT2D eigenvalue weighted by molar-refractivity contribution is -0.139. The van der Waals surface area contributed by atoms with Crippen molar-refractivity contribution in [3.63, 3.8) is 0 Å². The van der Waals surface area contributed by atoms with Crippen LogP contribution in [0.4, 0.5) is 10.5 Å². The van der Waals surface area contributed by atoms with E-state index in [1.807, 2.05) is 6.07 Å². The van der Waals surface area contributed by atoms with E-state index in [9.17, 15) is 14.4 Å². The number of benzene rings is 2. The SMILES string of the molecule is N#Cc1ccccc1NC(=O)C1CNC(=O)N(Cc2ccc3c(c2)OCO3)C1=O. The number of hydrogen-bond donors (Lipinski definition) is 2. The first kappa shape index (κ1) is 18.3. The van der Waals surface area contributed by atoms with E-state index in [2.05, 4.69) is 10.6 Å². The van der Waals surface area contributed by atoms with Crippen LogP contribution in [0.2, 0.25) is 0 Å². The third kappa shape index (κ3) is 3.55. The van der Waals surface area contributed by atoms with Gasteiger partial charge < -0.3 is 20.1 Å². The van der Waals surface area contributed by atoms with Gasteiger partial charge in [-0.2, -0.15) is 5.26 Å². The first-order valence-corrected chi connectivity index (χ1v) is 8.84. The molecule has 2 heterocycles. The maximum absolute atomic E-state index is 12.8. The molecule has 4 amide bonds. The second-order valence-corrected chi connectivity index (χ2v) is 6.50. The van der Waals surface area contributed by atoms with Crippen molar-refractivity contribution in [2.45, 2.75) is 6.54 Å². The van der Waals surface area contributed by atoms with E-state index < -0.39 is 23.8 Å². The molecule has 1 saturated heterocycles. The summed E-state index contributed by atoms with van der Waals surface area (Å²) < 4.78 is 10.6. The van der Waals surface area contributed by atoms with Crippen LogP contribution in [0.25, 0.3) is 0 Å². The van der Waals surface area contributed by atoms with E-state index in [1.54, 1.807) is 42.5 Å². The standard InChI is InChI=1S/C20H16N4O5/c21-8-13-3-1-2-4-15(13)23-18(25)14-9-22-20(27)24(19(14)26)10-12-5-6-16-17(7-12)29-11-28-16/h1-7,14H,9-11H2,(H,22,27)(H,23,25). The molecule has 9 heteroatoms. The maximum Gasteiger partial charge on any atom is 0.324 e. The fourth-order valence-corrected chi connectivity index (χ4v) is 3.15. The van der Waals surface area contributed by atoms with Gasteiger partial charge in [-0.25, -0.2) is 4.79 Å². The Labute approximate surface area is 165 Å². The summed E-state index contributed by atoms with van der Waals surface area (Å²) in [6.45, 7) is -0.00986. The lowest BCUT2D eigenvalue weighted by Crippen LogP contribution is -2.57. The highest BCUT2D eigenvalue weighted by molar-refractivity contribution is 6.12. The third-order valence-electron chi connectivity index (χ3n) is 4.67. The molecule has 2 aliphatic heterocycles. The van der Waals surface area contributed by atoms with Crippen molar-refractivity contribution in [3.05, 3.63) is 53.6 Å². The molecule has 1 unspecified atom stereocenters. The average molecular weight is 392 g/mol. The van der Waals surface area contributed by atoms with Crippen LogP contribution >= 0.6 is 0 Å². The van der Waals surface area contributed by atoms with Gasteiger partial charge in [0.2, 0.25) is 18.6 Å². The highest BCUT2D eigenvalue weighted by Crippen LogP contribution is 2.33. The lowest BCUT2D eigenvalue weighted by Gasteiger charge is -2.30. The van der Waals surface area contributed by atoms with Gasteiger partial charge in [0.05, 0.1) is 17.8 Å². The van der Waals surface area contributed by atoms with Crippen LogP contribution < -0.4 is 20.1 Å². The second kappa shape index (κ2) is 7.52. The topological polar surface area (TPSA) is 121 Å². The number of carbonyl (C=O) groups is 3. The molecule has 2 aliphatic rings. The molecule has 1 atom stereocenters. The zero-order valence-corrected chi connectivity index (χ0v) is 15.2. The normalized spacial score (nSPS) is 17.5. The number of carbonyl (C=O) groups excluding carboxylic acids is 3. The fourth-order valence-electron chi connectivity index (χ4n) is 3.15. The number of nitrogens with zero attached hydrogens (tertiary/aromatic N) is 2. The molecular weight excluding hydrogens is 376 g/mol. The van der Waals surface area contributed by atoms with Crippen LogP contribution in [0, 0.1) is 17.2 Å². The van der Waals surface area contributed by atoms with Crippen LogP contribution in [0.1, 0.15) is 11.1 Å². The molecule has 9 nitrogen and oxygen atoms in total. The Balaban J connectivity index is 1.50. The number of fused-ring (bicyclic) bond motifs is 1. The van der Waals surface area contributed by atoms with Crippen LogP contribution in [0.5, 0.6) is 11.5 Å². The van der Waals surface area contributed by atoms with E-state index in [4.69, 9.17) is 14.7 Å². The van der Waals surface area contributed by atoms with Crippen molar-refractivity contribution in [1.82, 2.24) is 10.2 Å². The Bertz CT molecular complexity index is 1050. The van der Waals surface area contributed by atoms with Gasteiger partial charge >= 0.3 is 6.03 Å². The molecule has 2 N–H and O–H groups in total. The summed E-state index contributed by atoms with van der Waals surface area (Å²) in [4.78, 5) is 38.7. The molecule has 146 valence electrons. The molecule has 0 aromatic heterocycles. The Hall–Kier alpha value is -4.06. The van der Waals surface area contributed by atoms with Crippen molar-refractivity contribution in [3.8, 4) is 17.6 Å². The predicted molar refractivity (Wildman–Crippen MR) is 99.8 cm³/mol. The van der Waals surface area contributed by atoms with Gasteiger partial charge in [-0.05, 0) is 29.8 Å². The van der Waals surface area contributed by atoms with Gasteiger partial charge in [0.15, 0.2) is 11.5 Å². The first-order valence-electron chi connectivity index (χ1n) is 8.84. The van der Waals surface area contributed by atoms with Crippen molar-refractivity contribution < 1.29 is 23.9 Å². The molecule has 0 radical (unpaired) electrons. The van der Waals surface area contributed by atoms with Crippen LogP contribution in [0.15, 0.2) is 42.5 Å². The van der Waals surface area contributed by atoms with Crippen LogP contribution in [0.3, 0.4) is 0 Å². The minimum absolute atomic E-state index is 0.0140. The van der Waals surface area contributed by atoms with E-state index >= 15 is 0 Å². The fraction of sp³-hybridized carbons (Fsp3) is 0.200. The second-order valence-electron chi connectivity index (χ2n) is 6.50. The summed E-state index contributed by atoms with van der Waals surface area (Å²) in [5.41, 5.74) is 1.26. The number of anilines is 1. The maximum atomic E-state index is 12.8. The summed E-state index contributed by atoms with van der Waals surface area (Å²) in [6, 6.07) is 13.0. The minimum Gasteiger partial charge on any atom is -0.454 e. The molecule has 4 rings (SSSR count). The van der Waals surface area contributed by atoms with E-state index in [0.717, 1.165) is 4.90 Å². The van der Waals surface area contributed by atoms with E-state index in [-0.39, 0.29) is 25.4 Å². The Morgan fingerprint density at radius 1 is 1.21 bits per heavy atom. The van der Waals surface area contributed by atoms with E-state index in [1.165, 1.54) is 0 Å². The lowest BCUT2D eigenvalue weighted by atomic mass is 10.0. The number of para-hydroxylation sites is 1. The zero-order valence-electron chi connectivity index (χ0n) is 15.2. The largest absolute Gasteiger partial charge is 0.454 e. The molecule has 0 spiro atoms. The van der Waals surface area contributed by atoms with Gasteiger partial charge in [0.25, 0.3) is 0 Å². The first-order chi connectivity index (χ1) is 14.1.